The Morgan fingerprint density at radius 2 is 2.10 bits per heavy atom. The Kier molecular flexibility index (Phi) is 5.76. The highest BCUT2D eigenvalue weighted by atomic mass is 35.5. The van der Waals surface area contributed by atoms with Crippen molar-refractivity contribution in [3.63, 3.8) is 0 Å². The second kappa shape index (κ2) is 6.71. The van der Waals surface area contributed by atoms with Crippen LogP contribution in [0.5, 0.6) is 0 Å². The number of sulfonamides is 1. The number of methoxy groups -OCH3 is 1. The van der Waals surface area contributed by atoms with Crippen molar-refractivity contribution in [1.82, 2.24) is 9.71 Å². The van der Waals surface area contributed by atoms with Gasteiger partial charge in [0.05, 0.1) is 4.90 Å². The minimum absolute atomic E-state index is 0.0651. The molecule has 114 valence electrons. The van der Waals surface area contributed by atoms with Crippen LogP contribution in [0.2, 0.25) is 5.02 Å². The summed E-state index contributed by atoms with van der Waals surface area (Å²) in [5.41, 5.74) is -0.763. The van der Waals surface area contributed by atoms with Gasteiger partial charge in [0.1, 0.15) is 5.02 Å². The maximum absolute atomic E-state index is 12.1. The molecule has 0 fully saturated rings. The zero-order valence-corrected chi connectivity index (χ0v) is 13.3. The lowest BCUT2D eigenvalue weighted by atomic mass is 9.90. The summed E-state index contributed by atoms with van der Waals surface area (Å²) in [5, 5.41) is -0.161. The molecule has 0 amide bonds. The SMILES string of the molecule is COCCC(C)(C)CNS(=O)(=O)c1c[nH]c(=O)c(Cl)c1. The minimum atomic E-state index is -3.70. The van der Waals surface area contributed by atoms with E-state index in [1.807, 2.05) is 13.8 Å². The molecular formula is C12H19ClN2O4S. The molecule has 0 saturated heterocycles. The number of aromatic amines is 1. The number of ether oxygens (including phenoxy) is 1. The third kappa shape index (κ3) is 4.90. The largest absolute Gasteiger partial charge is 0.385 e. The number of nitrogens with one attached hydrogen (secondary N) is 2. The molecule has 2 N–H and O–H groups in total. The summed E-state index contributed by atoms with van der Waals surface area (Å²) in [5.74, 6) is 0. The maximum atomic E-state index is 12.1. The molecule has 1 heterocycles. The first kappa shape index (κ1) is 17.2. The van der Waals surface area contributed by atoms with Gasteiger partial charge in [-0.15, -0.1) is 0 Å². The van der Waals surface area contributed by atoms with Crippen LogP contribution in [0.1, 0.15) is 20.3 Å². The van der Waals surface area contributed by atoms with Crippen LogP contribution in [-0.2, 0) is 14.8 Å². The number of aromatic nitrogens is 1. The molecule has 1 rings (SSSR count). The average Bonchev–Trinajstić information content (AvgIpc) is 2.37. The maximum Gasteiger partial charge on any atom is 0.266 e. The van der Waals surface area contributed by atoms with Crippen molar-refractivity contribution < 1.29 is 13.2 Å². The topological polar surface area (TPSA) is 88.3 Å². The number of H-pyrrole nitrogens is 1. The van der Waals surface area contributed by atoms with Gasteiger partial charge < -0.3 is 9.72 Å². The highest BCUT2D eigenvalue weighted by Crippen LogP contribution is 2.20. The lowest BCUT2D eigenvalue weighted by Crippen LogP contribution is -2.35. The van der Waals surface area contributed by atoms with E-state index in [2.05, 4.69) is 9.71 Å². The highest BCUT2D eigenvalue weighted by molar-refractivity contribution is 7.89. The van der Waals surface area contributed by atoms with Crippen LogP contribution in [0, 0.1) is 5.41 Å². The third-order valence-electron chi connectivity index (χ3n) is 2.87. The van der Waals surface area contributed by atoms with Gasteiger partial charge >= 0.3 is 0 Å². The van der Waals surface area contributed by atoms with Gasteiger partial charge in [-0.25, -0.2) is 13.1 Å². The van der Waals surface area contributed by atoms with Crippen molar-refractivity contribution in [2.75, 3.05) is 20.3 Å². The molecule has 0 spiro atoms. The van der Waals surface area contributed by atoms with Crippen LogP contribution in [0.4, 0.5) is 0 Å². The van der Waals surface area contributed by atoms with Crippen LogP contribution < -0.4 is 10.3 Å². The Hall–Kier alpha value is -0.890. The lowest BCUT2D eigenvalue weighted by molar-refractivity contribution is 0.153. The molecule has 0 aliphatic carbocycles. The summed E-state index contributed by atoms with van der Waals surface area (Å²) < 4.78 is 31.7. The van der Waals surface area contributed by atoms with E-state index in [1.165, 1.54) is 0 Å². The summed E-state index contributed by atoms with van der Waals surface area (Å²) in [7, 11) is -2.10. The van der Waals surface area contributed by atoms with E-state index < -0.39 is 15.6 Å². The van der Waals surface area contributed by atoms with E-state index in [9.17, 15) is 13.2 Å². The standard InChI is InChI=1S/C12H19ClN2O4S/c1-12(2,4-5-19-3)8-15-20(17,18)9-6-10(13)11(16)14-7-9/h6-7,15H,4-5,8H2,1-3H3,(H,14,16). The predicted octanol–water partition coefficient (Wildman–Crippen LogP) is 1.37. The number of hydrogen-bond acceptors (Lipinski definition) is 4. The van der Waals surface area contributed by atoms with E-state index >= 15 is 0 Å². The Balaban J connectivity index is 2.80. The fraction of sp³-hybridized carbons (Fsp3) is 0.583. The predicted molar refractivity (Wildman–Crippen MR) is 77.5 cm³/mol. The van der Waals surface area contributed by atoms with Gasteiger partial charge in [-0.1, -0.05) is 25.4 Å². The second-order valence-corrected chi connectivity index (χ2v) is 7.42. The van der Waals surface area contributed by atoms with Crippen molar-refractivity contribution in [2.45, 2.75) is 25.2 Å². The smallest absolute Gasteiger partial charge is 0.266 e. The van der Waals surface area contributed by atoms with Crippen LogP contribution >= 0.6 is 11.6 Å². The first-order valence-corrected chi connectivity index (χ1v) is 7.91. The molecule has 0 unspecified atom stereocenters. The van der Waals surface area contributed by atoms with Gasteiger partial charge in [-0.2, -0.15) is 0 Å². The molecule has 0 aliphatic rings. The highest BCUT2D eigenvalue weighted by Gasteiger charge is 2.22. The van der Waals surface area contributed by atoms with E-state index in [1.54, 1.807) is 7.11 Å². The summed E-state index contributed by atoms with van der Waals surface area (Å²) in [4.78, 5) is 13.3. The first-order chi connectivity index (χ1) is 9.18. The molecule has 0 aliphatic heterocycles. The van der Waals surface area contributed by atoms with Crippen molar-refractivity contribution in [3.8, 4) is 0 Å². The van der Waals surface area contributed by atoms with Crippen molar-refractivity contribution in [3.05, 3.63) is 27.6 Å². The van der Waals surface area contributed by atoms with Crippen molar-refractivity contribution in [1.29, 1.82) is 0 Å². The fourth-order valence-electron chi connectivity index (χ4n) is 1.43. The molecule has 20 heavy (non-hydrogen) atoms. The van der Waals surface area contributed by atoms with Gasteiger partial charge in [0, 0.05) is 26.5 Å². The quantitative estimate of drug-likeness (QED) is 0.793. The molecule has 1 aromatic heterocycles. The van der Waals surface area contributed by atoms with Crippen LogP contribution in [-0.4, -0.2) is 33.7 Å². The minimum Gasteiger partial charge on any atom is -0.385 e. The number of halogens is 1. The van der Waals surface area contributed by atoms with Crippen molar-refractivity contribution >= 4 is 21.6 Å². The van der Waals surface area contributed by atoms with Gasteiger partial charge in [0.2, 0.25) is 10.0 Å². The Bertz CT molecular complexity index is 610. The Morgan fingerprint density at radius 1 is 1.45 bits per heavy atom. The number of pyridine rings is 1. The molecule has 0 radical (unpaired) electrons. The van der Waals surface area contributed by atoms with Crippen LogP contribution in [0.25, 0.3) is 0 Å². The van der Waals surface area contributed by atoms with E-state index in [0.29, 0.717) is 6.61 Å². The summed E-state index contributed by atoms with van der Waals surface area (Å²) >= 11 is 5.63. The van der Waals surface area contributed by atoms with Crippen LogP contribution in [0.15, 0.2) is 22.0 Å². The molecular weight excluding hydrogens is 304 g/mol. The lowest BCUT2D eigenvalue weighted by Gasteiger charge is -2.24. The zero-order valence-electron chi connectivity index (χ0n) is 11.7. The molecule has 0 atom stereocenters. The normalized spacial score (nSPS) is 12.6. The molecule has 6 nitrogen and oxygen atoms in total. The molecule has 0 saturated carbocycles. The molecule has 0 bridgehead atoms. The number of rotatable bonds is 7. The van der Waals surface area contributed by atoms with Gasteiger partial charge in [0.15, 0.2) is 0 Å². The first-order valence-electron chi connectivity index (χ1n) is 6.05. The number of hydrogen-bond donors (Lipinski definition) is 2. The van der Waals surface area contributed by atoms with E-state index in [4.69, 9.17) is 16.3 Å². The van der Waals surface area contributed by atoms with Gasteiger partial charge in [0.25, 0.3) is 5.56 Å². The monoisotopic (exact) mass is 322 g/mol. The molecule has 0 aromatic carbocycles. The van der Waals surface area contributed by atoms with E-state index in [-0.39, 0.29) is 21.9 Å². The average molecular weight is 323 g/mol. The Labute approximate surface area is 123 Å². The summed E-state index contributed by atoms with van der Waals surface area (Å²) in [6.07, 6.45) is 1.84. The van der Waals surface area contributed by atoms with E-state index in [0.717, 1.165) is 18.7 Å². The van der Waals surface area contributed by atoms with Crippen LogP contribution in [0.3, 0.4) is 0 Å². The second-order valence-electron chi connectivity index (χ2n) is 5.24. The van der Waals surface area contributed by atoms with Gasteiger partial charge in [-0.3, -0.25) is 4.79 Å². The molecule has 1 aromatic rings. The third-order valence-corrected chi connectivity index (χ3v) is 4.53. The fourth-order valence-corrected chi connectivity index (χ4v) is 2.90. The van der Waals surface area contributed by atoms with Gasteiger partial charge in [-0.05, 0) is 17.9 Å². The summed E-state index contributed by atoms with van der Waals surface area (Å²) in [6.45, 7) is 4.69. The summed E-state index contributed by atoms with van der Waals surface area (Å²) in [6, 6.07) is 1.13. The zero-order chi connectivity index (χ0) is 15.4. The van der Waals surface area contributed by atoms with Crippen molar-refractivity contribution in [2.24, 2.45) is 5.41 Å². The molecule has 8 heteroatoms. The Morgan fingerprint density at radius 3 is 2.65 bits per heavy atom.